The van der Waals surface area contributed by atoms with Crippen LogP contribution < -0.4 is 52.2 Å². The second kappa shape index (κ2) is 34.1. The van der Waals surface area contributed by atoms with E-state index in [1.54, 1.807) is 102 Å². The summed E-state index contributed by atoms with van der Waals surface area (Å²) < 4.78 is 9.87. The second-order valence-electron chi connectivity index (χ2n) is 31.2. The van der Waals surface area contributed by atoms with E-state index in [0.29, 0.717) is 65.8 Å². The van der Waals surface area contributed by atoms with Crippen LogP contribution in [0.3, 0.4) is 0 Å². The molecule has 5 fully saturated rings. The summed E-state index contributed by atoms with van der Waals surface area (Å²) in [6.07, 6.45) is 22.0. The lowest BCUT2D eigenvalue weighted by atomic mass is 10.2. The maximum atomic E-state index is 11.8. The van der Waals surface area contributed by atoms with Crippen LogP contribution in [0.2, 0.25) is 0 Å². The molecular formula is C93H77N25O4S4. The average molecular weight is 1740 g/mol. The van der Waals surface area contributed by atoms with Gasteiger partial charge >= 0.3 is 5.82 Å². The molecule has 4 aromatic carbocycles. The molecule has 622 valence electrons. The molecule has 126 heavy (non-hydrogen) atoms. The van der Waals surface area contributed by atoms with Gasteiger partial charge in [-0.2, -0.15) is 0 Å². The number of benzene rings is 4. The van der Waals surface area contributed by atoms with E-state index in [0.717, 1.165) is 146 Å². The number of piperazine rings is 1. The molecule has 29 nitrogen and oxygen atoms in total. The number of nitro groups is 1. The standard InChI is InChI=1S/C24H20N6OS.C24H20N6S.C23H17N7O2S.C22H20N6OS/c1-31-22-9-7-16(13-26-22)27-21-12-19-17(3-2-10-25-19)23(30-21)28-15-6-8-18-20(11-15)32-24(29-18)14-4-5-14;1-14-18(5-3-10-25-14)28-22-13-20-17(4-2-11-26-20)23(30-22)27-16-8-9-19-21(12-16)31-24(29-19)15-6-7-15;31-30(32)21-8-6-15(12-25-21)26-20-11-18-16(2-1-9-24-18)22(29-20)27-14-5-7-17-19(10-14)33-23(28-17)13-3-4-13;29-20-12-28(9-8-24-20)19-11-17-15(2-1-7-23-17)21(27-19)25-14-5-6-16-18(10-14)30-22(26-16)13-3-4-13/h2-3,6-14H,4-5H2,1H3,(H2,27,28,30);2-5,8-13,15H,6-7H2,1H3,(H2,27,28,30);1-2,5-13H,3-4H2,(H2,26,27,29);1-2,5-7,10-11,13H,3-4,8-9,12H2,(H,24,29)(H,25,27). The predicted molar refractivity (Wildman–Crippen MR) is 503 cm³/mol. The number of aromatic nitrogens is 15. The predicted octanol–water partition coefficient (Wildman–Crippen LogP) is 22.0. The fourth-order valence-corrected chi connectivity index (χ4v) is 19.4. The first-order chi connectivity index (χ1) is 61.8. The molecule has 0 atom stereocenters. The lowest BCUT2D eigenvalue weighted by Crippen LogP contribution is -2.48. The van der Waals surface area contributed by atoms with Crippen molar-refractivity contribution < 1.29 is 14.5 Å². The molecule has 16 heterocycles. The molecular weight excluding hydrogens is 1660 g/mol. The molecule has 1 amide bonds. The van der Waals surface area contributed by atoms with Crippen molar-refractivity contribution in [2.45, 2.75) is 82.0 Å². The minimum atomic E-state index is -0.530. The van der Waals surface area contributed by atoms with Crippen LogP contribution in [-0.4, -0.2) is 112 Å². The molecule has 0 bridgehead atoms. The van der Waals surface area contributed by atoms with Crippen LogP contribution in [0.25, 0.3) is 84.5 Å². The highest BCUT2D eigenvalue weighted by Gasteiger charge is 2.31. The third-order valence-electron chi connectivity index (χ3n) is 21.8. The highest BCUT2D eigenvalue weighted by Crippen LogP contribution is 2.48. The molecule has 1 aliphatic heterocycles. The molecule has 8 N–H and O–H groups in total. The smallest absolute Gasteiger partial charge is 0.363 e. The van der Waals surface area contributed by atoms with Crippen LogP contribution in [-0.2, 0) is 4.79 Å². The second-order valence-corrected chi connectivity index (χ2v) is 35.5. The third-order valence-corrected chi connectivity index (χ3v) is 26.5. The summed E-state index contributed by atoms with van der Waals surface area (Å²) >= 11 is 7.13. The first kappa shape index (κ1) is 78.5. The Labute approximate surface area is 735 Å². The molecule has 0 unspecified atom stereocenters. The fraction of sp³-hybridized carbons (Fsp3) is 0.183. The zero-order chi connectivity index (χ0) is 84.7. The highest BCUT2D eigenvalue weighted by atomic mass is 32.1. The van der Waals surface area contributed by atoms with Gasteiger partial charge in [0.2, 0.25) is 11.8 Å². The number of hydrogen-bond donors (Lipinski definition) is 8. The van der Waals surface area contributed by atoms with Crippen LogP contribution in [0.5, 0.6) is 5.88 Å². The van der Waals surface area contributed by atoms with E-state index < -0.39 is 4.92 Å². The number of nitrogens with zero attached hydrogens (tertiary/aromatic N) is 17. The van der Waals surface area contributed by atoms with Crippen LogP contribution in [0.15, 0.2) is 225 Å². The van der Waals surface area contributed by atoms with E-state index in [1.807, 2.05) is 121 Å². The zero-order valence-electron chi connectivity index (χ0n) is 67.8. The Morgan fingerprint density at radius 3 is 1.13 bits per heavy atom. The lowest BCUT2D eigenvalue weighted by molar-refractivity contribution is -0.389. The molecule has 15 aromatic heterocycles. The Balaban J connectivity index is 0.000000103. The van der Waals surface area contributed by atoms with Gasteiger partial charge in [0.1, 0.15) is 46.5 Å². The van der Waals surface area contributed by atoms with Crippen LogP contribution >= 0.6 is 45.3 Å². The van der Waals surface area contributed by atoms with Gasteiger partial charge in [0.05, 0.1) is 126 Å². The van der Waals surface area contributed by atoms with Crippen molar-refractivity contribution in [3.8, 4) is 5.88 Å². The van der Waals surface area contributed by atoms with Crippen molar-refractivity contribution in [1.29, 1.82) is 0 Å². The Bertz CT molecular complexity index is 7380. The number of amides is 1. The van der Waals surface area contributed by atoms with Gasteiger partial charge in [-0.3, -0.25) is 29.7 Å². The molecule has 24 rings (SSSR count). The van der Waals surface area contributed by atoms with E-state index in [4.69, 9.17) is 44.6 Å². The molecule has 5 aliphatic rings. The minimum Gasteiger partial charge on any atom is -0.481 e. The summed E-state index contributed by atoms with van der Waals surface area (Å²) in [6, 6.07) is 58.9. The Kier molecular flexibility index (Phi) is 21.3. The maximum absolute atomic E-state index is 11.8. The molecule has 0 radical (unpaired) electrons. The normalized spacial score (nSPS) is 14.2. The van der Waals surface area contributed by atoms with Crippen molar-refractivity contribution in [2.24, 2.45) is 0 Å². The average Bonchev–Trinajstić information content (AvgIpc) is 1.66. The fourth-order valence-electron chi connectivity index (χ4n) is 14.7. The number of nitrogens with one attached hydrogen (secondary N) is 8. The molecule has 33 heteroatoms. The van der Waals surface area contributed by atoms with Crippen molar-refractivity contribution in [2.75, 3.05) is 68.9 Å². The van der Waals surface area contributed by atoms with Gasteiger partial charge in [-0.25, -0.2) is 44.9 Å². The van der Waals surface area contributed by atoms with Gasteiger partial charge in [0, 0.05) is 148 Å². The van der Waals surface area contributed by atoms with Gasteiger partial charge in [-0.1, -0.05) is 0 Å². The highest BCUT2D eigenvalue weighted by molar-refractivity contribution is 7.19. The van der Waals surface area contributed by atoms with Crippen molar-refractivity contribution in [3.63, 3.8) is 0 Å². The van der Waals surface area contributed by atoms with Gasteiger partial charge in [0.25, 0.3) is 0 Å². The maximum Gasteiger partial charge on any atom is 0.363 e. The van der Waals surface area contributed by atoms with Crippen molar-refractivity contribution in [3.05, 3.63) is 261 Å². The van der Waals surface area contributed by atoms with Crippen LogP contribution in [0, 0.1) is 17.0 Å². The number of methoxy groups -OCH3 is 1. The number of rotatable bonds is 21. The van der Waals surface area contributed by atoms with E-state index >= 15 is 0 Å². The molecule has 4 aliphatic carbocycles. The third kappa shape index (κ3) is 17.8. The summed E-state index contributed by atoms with van der Waals surface area (Å²) in [5.74, 6) is 8.61. The summed E-state index contributed by atoms with van der Waals surface area (Å²) in [6.45, 7) is 3.63. The van der Waals surface area contributed by atoms with Crippen molar-refractivity contribution in [1.82, 2.24) is 80.1 Å². The number of ether oxygens (including phenoxy) is 1. The first-order valence-corrected chi connectivity index (χ1v) is 44.7. The summed E-state index contributed by atoms with van der Waals surface area (Å²) in [5, 5.41) is 46.2. The molecule has 19 aromatic rings. The number of pyridine rings is 11. The van der Waals surface area contributed by atoms with Gasteiger partial charge in [0.15, 0.2) is 6.20 Å². The minimum absolute atomic E-state index is 0.0146. The SMILES string of the molecule is COc1ccc(Nc2cc3ncccc3c(Nc3ccc4nc(C5CC5)sc4c3)n2)cn1.Cc1ncccc1Nc1cc2ncccc2c(Nc2ccc3nc(C4CC4)sc3c2)n1.O=C1CN(c2cc3ncccc3c(Nc3ccc4nc(C5CC5)sc4c3)n2)CCN1.O=[N+]([O-])c1ccc(Nc2cc3ncccc3c(Nc3ccc4nc(C5CC5)sc4c3)n2)cn1. The summed E-state index contributed by atoms with van der Waals surface area (Å²) in [4.78, 5) is 93.1. The van der Waals surface area contributed by atoms with Gasteiger partial charge in [-0.05, 0) is 214 Å². The van der Waals surface area contributed by atoms with E-state index in [9.17, 15) is 14.9 Å². The topological polar surface area (TPSA) is 362 Å². The van der Waals surface area contributed by atoms with Gasteiger partial charge < -0.3 is 62.3 Å². The number of carbonyl (C=O) groups excluding carboxylic acids is 1. The molecule has 1 saturated heterocycles. The number of fused-ring (bicyclic) bond motifs is 8. The Hall–Kier alpha value is -14.8. The first-order valence-electron chi connectivity index (χ1n) is 41.4. The Morgan fingerprint density at radius 1 is 0.397 bits per heavy atom. The number of anilines is 15. The van der Waals surface area contributed by atoms with Crippen LogP contribution in [0.1, 0.15) is 101 Å². The Morgan fingerprint density at radius 2 is 0.770 bits per heavy atom. The summed E-state index contributed by atoms with van der Waals surface area (Å²) in [7, 11) is 1.60. The van der Waals surface area contributed by atoms with Crippen LogP contribution in [0.4, 0.5) is 92.2 Å². The van der Waals surface area contributed by atoms with E-state index in [2.05, 4.69) is 132 Å². The van der Waals surface area contributed by atoms with E-state index in [1.165, 1.54) is 97.8 Å². The van der Waals surface area contributed by atoms with Gasteiger partial charge in [-0.15, -0.1) is 45.3 Å². The van der Waals surface area contributed by atoms with E-state index in [-0.39, 0.29) is 11.7 Å². The molecule has 0 spiro atoms. The number of thiazole rings is 4. The van der Waals surface area contributed by atoms with Crippen molar-refractivity contribution >= 4 is 228 Å². The number of aryl methyl sites for hydroxylation is 1. The quantitative estimate of drug-likeness (QED) is 0.0245. The molecule has 4 saturated carbocycles. The number of carbonyl (C=O) groups is 1. The zero-order valence-corrected chi connectivity index (χ0v) is 71.1. The monoisotopic (exact) mass is 1740 g/mol. The largest absolute Gasteiger partial charge is 0.481 e. The lowest BCUT2D eigenvalue weighted by Gasteiger charge is -2.28. The number of hydrogen-bond acceptors (Lipinski definition) is 31. The summed E-state index contributed by atoms with van der Waals surface area (Å²) in [5.41, 5.74) is 14.7.